The van der Waals surface area contributed by atoms with Crippen LogP contribution in [0.3, 0.4) is 0 Å². The molecule has 1 saturated heterocycles. The average Bonchev–Trinajstić information content (AvgIpc) is 3.21. The van der Waals surface area contributed by atoms with Crippen molar-refractivity contribution in [3.8, 4) is 10.6 Å². The monoisotopic (exact) mass is 456 g/mol. The number of methoxy groups -OCH3 is 1. The van der Waals surface area contributed by atoms with Crippen molar-refractivity contribution in [2.75, 3.05) is 18.6 Å². The van der Waals surface area contributed by atoms with E-state index in [0.29, 0.717) is 21.3 Å². The van der Waals surface area contributed by atoms with Crippen molar-refractivity contribution in [3.05, 3.63) is 35.9 Å². The van der Waals surface area contributed by atoms with Gasteiger partial charge >= 0.3 is 5.97 Å². The normalized spacial score (nSPS) is 18.5. The fourth-order valence-corrected chi connectivity index (χ4v) is 5.02. The van der Waals surface area contributed by atoms with Gasteiger partial charge in [0.25, 0.3) is 5.91 Å². The van der Waals surface area contributed by atoms with Gasteiger partial charge in [-0.15, -0.1) is 0 Å². The first-order chi connectivity index (χ1) is 15.5. The number of amides is 1. The highest BCUT2D eigenvalue weighted by molar-refractivity contribution is 7.19. The second-order valence-electron chi connectivity index (χ2n) is 7.93. The van der Waals surface area contributed by atoms with E-state index in [2.05, 4.69) is 20.0 Å². The van der Waals surface area contributed by atoms with Crippen molar-refractivity contribution in [2.24, 2.45) is 5.73 Å². The number of rotatable bonds is 7. The Bertz CT molecular complexity index is 1140. The Labute approximate surface area is 188 Å². The highest BCUT2D eigenvalue weighted by Gasteiger charge is 2.35. The fourth-order valence-electron chi connectivity index (χ4n) is 3.88. The molecule has 0 radical (unpaired) electrons. The molecule has 1 saturated carbocycles. The molecule has 5 rings (SSSR count). The van der Waals surface area contributed by atoms with Crippen LogP contribution in [0.1, 0.15) is 59.2 Å². The molecule has 168 valence electrons. The van der Waals surface area contributed by atoms with Crippen LogP contribution in [0.4, 0.5) is 10.8 Å². The summed E-state index contributed by atoms with van der Waals surface area (Å²) < 4.78 is 12.5. The molecule has 11 heteroatoms. The molecule has 1 aliphatic heterocycles. The number of ether oxygens (including phenoxy) is 2. The number of carbonyl (C=O) groups excluding carboxylic acids is 2. The highest BCUT2D eigenvalue weighted by Crippen LogP contribution is 2.43. The third-order valence-electron chi connectivity index (χ3n) is 5.63. The summed E-state index contributed by atoms with van der Waals surface area (Å²) in [5, 5.41) is 5.19. The molecule has 3 aromatic heterocycles. The minimum atomic E-state index is -0.626. The van der Waals surface area contributed by atoms with Gasteiger partial charge in [0.15, 0.2) is 10.8 Å². The minimum Gasteiger partial charge on any atom is -0.465 e. The van der Waals surface area contributed by atoms with Crippen LogP contribution in [0.2, 0.25) is 0 Å². The van der Waals surface area contributed by atoms with E-state index in [4.69, 9.17) is 15.2 Å². The summed E-state index contributed by atoms with van der Waals surface area (Å²) in [5.74, 6) is -1.09. The third kappa shape index (κ3) is 3.89. The molecule has 10 nitrogen and oxygen atoms in total. The molecule has 2 aliphatic rings. The zero-order chi connectivity index (χ0) is 22.2. The lowest BCUT2D eigenvalue weighted by molar-refractivity contribution is -0.0394. The SMILES string of the molecule is COC(=O)c1c[nH]c(-c2sc(N(c3cnn(C4CCCCO4)c3)C3CC3)nc2C(N)=O)c1. The molecule has 1 aliphatic carbocycles. The Balaban J connectivity index is 1.49. The maximum absolute atomic E-state index is 12.2. The standard InChI is InChI=1S/C21H24N6O4S/c1-30-20(29)12-8-15(23-9-12)18-17(19(22)28)25-21(32-18)27(13-5-6-13)14-10-24-26(11-14)16-4-2-3-7-31-16/h8-11,13,16,23H,2-7H2,1H3,(H2,22,28). The number of nitrogens with one attached hydrogen (secondary N) is 1. The second kappa shape index (κ2) is 8.40. The van der Waals surface area contributed by atoms with Gasteiger partial charge < -0.3 is 25.1 Å². The summed E-state index contributed by atoms with van der Waals surface area (Å²) in [6.07, 6.45) is 10.5. The first-order valence-corrected chi connectivity index (χ1v) is 11.4. The number of aromatic amines is 1. The molecule has 2 fully saturated rings. The molecule has 0 spiro atoms. The fraction of sp³-hybridized carbons (Fsp3) is 0.429. The molecule has 3 aromatic rings. The second-order valence-corrected chi connectivity index (χ2v) is 8.91. The van der Waals surface area contributed by atoms with E-state index in [-0.39, 0.29) is 18.0 Å². The van der Waals surface area contributed by atoms with Crippen LogP contribution in [0.15, 0.2) is 24.7 Å². The van der Waals surface area contributed by atoms with Crippen molar-refractivity contribution >= 4 is 34.0 Å². The van der Waals surface area contributed by atoms with Gasteiger partial charge in [-0.05, 0) is 38.2 Å². The maximum atomic E-state index is 12.2. The molecule has 1 unspecified atom stereocenters. The summed E-state index contributed by atoms with van der Waals surface area (Å²) in [7, 11) is 1.32. The van der Waals surface area contributed by atoms with Gasteiger partial charge in [0.1, 0.15) is 6.23 Å². The average molecular weight is 457 g/mol. The van der Waals surface area contributed by atoms with Gasteiger partial charge in [-0.1, -0.05) is 11.3 Å². The lowest BCUT2D eigenvalue weighted by Crippen LogP contribution is -2.20. The summed E-state index contributed by atoms with van der Waals surface area (Å²) >= 11 is 1.35. The molecule has 4 heterocycles. The van der Waals surface area contributed by atoms with Crippen LogP contribution in [0.25, 0.3) is 10.6 Å². The predicted octanol–water partition coefficient (Wildman–Crippen LogP) is 3.22. The Morgan fingerprint density at radius 1 is 1.34 bits per heavy atom. The maximum Gasteiger partial charge on any atom is 0.339 e. The number of hydrogen-bond acceptors (Lipinski definition) is 8. The Morgan fingerprint density at radius 2 is 2.19 bits per heavy atom. The van der Waals surface area contributed by atoms with Gasteiger partial charge in [0.05, 0.1) is 41.3 Å². The lowest BCUT2D eigenvalue weighted by atomic mass is 10.2. The van der Waals surface area contributed by atoms with Crippen LogP contribution in [0.5, 0.6) is 0 Å². The zero-order valence-corrected chi connectivity index (χ0v) is 18.4. The van der Waals surface area contributed by atoms with E-state index in [1.54, 1.807) is 6.07 Å². The Hall–Kier alpha value is -3.18. The summed E-state index contributed by atoms with van der Waals surface area (Å²) in [6.45, 7) is 0.744. The molecule has 1 amide bonds. The van der Waals surface area contributed by atoms with E-state index < -0.39 is 11.9 Å². The van der Waals surface area contributed by atoms with E-state index >= 15 is 0 Å². The van der Waals surface area contributed by atoms with E-state index in [1.807, 2.05) is 17.1 Å². The first-order valence-electron chi connectivity index (χ1n) is 10.6. The van der Waals surface area contributed by atoms with Crippen molar-refractivity contribution in [1.82, 2.24) is 19.7 Å². The smallest absolute Gasteiger partial charge is 0.339 e. The molecular formula is C21H24N6O4S. The van der Waals surface area contributed by atoms with Crippen LogP contribution in [0, 0.1) is 0 Å². The van der Waals surface area contributed by atoms with Crippen LogP contribution in [-0.2, 0) is 9.47 Å². The molecule has 32 heavy (non-hydrogen) atoms. The number of H-pyrrole nitrogens is 1. The Kier molecular flexibility index (Phi) is 5.43. The number of esters is 1. The van der Waals surface area contributed by atoms with Crippen LogP contribution < -0.4 is 10.6 Å². The van der Waals surface area contributed by atoms with Crippen molar-refractivity contribution in [1.29, 1.82) is 0 Å². The van der Waals surface area contributed by atoms with E-state index in [9.17, 15) is 9.59 Å². The van der Waals surface area contributed by atoms with Crippen LogP contribution in [-0.4, -0.2) is 51.4 Å². The van der Waals surface area contributed by atoms with E-state index in [0.717, 1.165) is 44.4 Å². The number of carbonyl (C=O) groups is 2. The van der Waals surface area contributed by atoms with E-state index in [1.165, 1.54) is 24.6 Å². The summed E-state index contributed by atoms with van der Waals surface area (Å²) in [6, 6.07) is 1.92. The summed E-state index contributed by atoms with van der Waals surface area (Å²) in [4.78, 5) is 34.3. The lowest BCUT2D eigenvalue weighted by Gasteiger charge is -2.23. The number of primary amides is 1. The zero-order valence-electron chi connectivity index (χ0n) is 17.6. The summed E-state index contributed by atoms with van der Waals surface area (Å²) in [5.41, 5.74) is 7.65. The Morgan fingerprint density at radius 3 is 2.88 bits per heavy atom. The van der Waals surface area contributed by atoms with Crippen molar-refractivity contribution < 1.29 is 19.1 Å². The third-order valence-corrected chi connectivity index (χ3v) is 6.72. The highest BCUT2D eigenvalue weighted by atomic mass is 32.1. The van der Waals surface area contributed by atoms with Gasteiger partial charge in [0, 0.05) is 18.8 Å². The quantitative estimate of drug-likeness (QED) is 0.522. The van der Waals surface area contributed by atoms with Gasteiger partial charge in [-0.25, -0.2) is 14.5 Å². The first kappa shape index (κ1) is 20.7. The van der Waals surface area contributed by atoms with Gasteiger partial charge in [-0.2, -0.15) is 5.10 Å². The number of anilines is 2. The molecule has 0 aromatic carbocycles. The van der Waals surface area contributed by atoms with Gasteiger partial charge in [-0.3, -0.25) is 4.79 Å². The number of hydrogen-bond donors (Lipinski definition) is 2. The van der Waals surface area contributed by atoms with Crippen LogP contribution >= 0.6 is 11.3 Å². The largest absolute Gasteiger partial charge is 0.465 e. The molecule has 1 atom stereocenters. The molecular weight excluding hydrogens is 432 g/mol. The number of nitrogens with zero attached hydrogens (tertiary/aromatic N) is 4. The van der Waals surface area contributed by atoms with Crippen molar-refractivity contribution in [3.63, 3.8) is 0 Å². The number of nitrogens with two attached hydrogens (primary N) is 1. The number of aromatic nitrogens is 4. The topological polar surface area (TPSA) is 128 Å². The van der Waals surface area contributed by atoms with Gasteiger partial charge in [0.2, 0.25) is 0 Å². The molecule has 3 N–H and O–H groups in total. The predicted molar refractivity (Wildman–Crippen MR) is 118 cm³/mol. The van der Waals surface area contributed by atoms with Crippen molar-refractivity contribution in [2.45, 2.75) is 44.4 Å². The minimum absolute atomic E-state index is 0.0535. The molecule has 0 bridgehead atoms. The number of thiazole rings is 1.